The van der Waals surface area contributed by atoms with E-state index in [1.165, 1.54) is 7.11 Å². The number of rotatable bonds is 2. The number of ether oxygens (including phenoxy) is 1. The molecule has 0 bridgehead atoms. The summed E-state index contributed by atoms with van der Waals surface area (Å²) in [4.78, 5) is 10.5. The van der Waals surface area contributed by atoms with Gasteiger partial charge in [0.05, 0.1) is 0 Å². The van der Waals surface area contributed by atoms with Gasteiger partial charge in [0.1, 0.15) is 0 Å². The number of halogens is 1. The van der Waals surface area contributed by atoms with Crippen molar-refractivity contribution in [3.63, 3.8) is 0 Å². The van der Waals surface area contributed by atoms with Crippen LogP contribution in [0, 0.1) is 0 Å². The minimum absolute atomic E-state index is 0.00694. The second-order valence-electron chi connectivity index (χ2n) is 1.07. The Bertz CT molecular complexity index is 86.1. The second-order valence-corrected chi connectivity index (χ2v) is 2.72. The molecular formula is C4H7BrO2S. The van der Waals surface area contributed by atoms with Gasteiger partial charge in [0.15, 0.2) is 5.01 Å². The van der Waals surface area contributed by atoms with Crippen molar-refractivity contribution < 1.29 is 9.53 Å². The van der Waals surface area contributed by atoms with E-state index in [9.17, 15) is 4.79 Å². The number of methoxy groups -OCH3 is 1. The maximum Gasteiger partial charge on any atom is 0.228 e. The minimum atomic E-state index is -0.447. The SMILES string of the molecule is COC(Br)C(=O)SC. The van der Waals surface area contributed by atoms with Gasteiger partial charge in [0.25, 0.3) is 0 Å². The Morgan fingerprint density at radius 1 is 1.88 bits per heavy atom. The van der Waals surface area contributed by atoms with Crippen LogP contribution in [0.1, 0.15) is 0 Å². The van der Waals surface area contributed by atoms with E-state index in [2.05, 4.69) is 20.7 Å². The van der Waals surface area contributed by atoms with E-state index in [0.29, 0.717) is 0 Å². The van der Waals surface area contributed by atoms with Gasteiger partial charge in [-0.1, -0.05) is 11.8 Å². The van der Waals surface area contributed by atoms with E-state index in [1.807, 2.05) is 0 Å². The first-order valence-electron chi connectivity index (χ1n) is 1.97. The Labute approximate surface area is 61.1 Å². The maximum atomic E-state index is 10.5. The van der Waals surface area contributed by atoms with E-state index < -0.39 is 5.01 Å². The smallest absolute Gasteiger partial charge is 0.228 e. The summed E-state index contributed by atoms with van der Waals surface area (Å²) < 4.78 is 4.65. The number of alkyl halides is 1. The Balaban J connectivity index is 3.46. The van der Waals surface area contributed by atoms with E-state index in [-0.39, 0.29) is 5.12 Å². The highest BCUT2D eigenvalue weighted by Gasteiger charge is 2.10. The molecule has 0 saturated heterocycles. The molecule has 8 heavy (non-hydrogen) atoms. The molecule has 0 aliphatic heterocycles. The van der Waals surface area contributed by atoms with Gasteiger partial charge in [-0.2, -0.15) is 0 Å². The lowest BCUT2D eigenvalue weighted by Crippen LogP contribution is -2.10. The predicted molar refractivity (Wildman–Crippen MR) is 38.2 cm³/mol. The maximum absolute atomic E-state index is 10.5. The van der Waals surface area contributed by atoms with Crippen molar-refractivity contribution in [3.8, 4) is 0 Å². The molecule has 4 heteroatoms. The van der Waals surface area contributed by atoms with E-state index in [1.54, 1.807) is 6.26 Å². The highest BCUT2D eigenvalue weighted by atomic mass is 79.9. The van der Waals surface area contributed by atoms with Crippen molar-refractivity contribution in [1.82, 2.24) is 0 Å². The van der Waals surface area contributed by atoms with Crippen molar-refractivity contribution >= 4 is 32.8 Å². The Morgan fingerprint density at radius 3 is 2.50 bits per heavy atom. The molecule has 1 unspecified atom stereocenters. The quantitative estimate of drug-likeness (QED) is 0.626. The molecule has 0 heterocycles. The van der Waals surface area contributed by atoms with Gasteiger partial charge in [-0.05, 0) is 22.2 Å². The molecule has 0 fully saturated rings. The number of carbonyl (C=O) groups excluding carboxylic acids is 1. The molecule has 0 radical (unpaired) electrons. The first kappa shape index (κ1) is 8.46. The molecule has 0 rings (SSSR count). The van der Waals surface area contributed by atoms with Crippen LogP contribution < -0.4 is 0 Å². The summed E-state index contributed by atoms with van der Waals surface area (Å²) in [5.41, 5.74) is 0. The molecule has 1 atom stereocenters. The average Bonchev–Trinajstić information content (AvgIpc) is 1.84. The Kier molecular flexibility index (Phi) is 4.60. The molecule has 0 aromatic heterocycles. The van der Waals surface area contributed by atoms with Gasteiger partial charge in [0.2, 0.25) is 5.12 Å². The fourth-order valence-corrected chi connectivity index (χ4v) is 1.03. The molecule has 0 aromatic rings. The zero-order valence-electron chi connectivity index (χ0n) is 4.68. The summed E-state index contributed by atoms with van der Waals surface area (Å²) in [6.45, 7) is 0. The number of hydrogen-bond acceptors (Lipinski definition) is 3. The van der Waals surface area contributed by atoms with Crippen molar-refractivity contribution in [1.29, 1.82) is 0 Å². The molecule has 48 valence electrons. The minimum Gasteiger partial charge on any atom is -0.361 e. The second kappa shape index (κ2) is 4.35. The largest absolute Gasteiger partial charge is 0.361 e. The topological polar surface area (TPSA) is 26.3 Å². The van der Waals surface area contributed by atoms with Crippen LogP contribution in [0.3, 0.4) is 0 Å². The normalized spacial score (nSPS) is 13.4. The van der Waals surface area contributed by atoms with E-state index in [0.717, 1.165) is 11.8 Å². The highest BCUT2D eigenvalue weighted by molar-refractivity contribution is 9.10. The van der Waals surface area contributed by atoms with Crippen molar-refractivity contribution in [3.05, 3.63) is 0 Å². The number of thioether (sulfide) groups is 1. The molecule has 2 nitrogen and oxygen atoms in total. The van der Waals surface area contributed by atoms with Crippen LogP contribution >= 0.6 is 27.7 Å². The van der Waals surface area contributed by atoms with Crippen LogP contribution in [0.2, 0.25) is 0 Å². The molecule has 0 N–H and O–H groups in total. The lowest BCUT2D eigenvalue weighted by molar-refractivity contribution is -0.115. The Hall–Kier alpha value is 0.460. The number of hydrogen-bond donors (Lipinski definition) is 0. The third-order valence-electron chi connectivity index (χ3n) is 0.593. The van der Waals surface area contributed by atoms with Crippen LogP contribution in [0.25, 0.3) is 0 Å². The van der Waals surface area contributed by atoms with Gasteiger partial charge in [0, 0.05) is 7.11 Å². The Morgan fingerprint density at radius 2 is 2.38 bits per heavy atom. The van der Waals surface area contributed by atoms with E-state index >= 15 is 0 Å². The van der Waals surface area contributed by atoms with Crippen LogP contribution in [0.15, 0.2) is 0 Å². The highest BCUT2D eigenvalue weighted by Crippen LogP contribution is 2.08. The standard InChI is InChI=1S/C4H7BrO2S/c1-7-3(5)4(6)8-2/h3H,1-2H3. The van der Waals surface area contributed by atoms with Crippen LogP contribution in [-0.4, -0.2) is 23.5 Å². The first-order valence-corrected chi connectivity index (χ1v) is 4.11. The third-order valence-corrected chi connectivity index (χ3v) is 2.30. The molecule has 0 aliphatic carbocycles. The molecule has 0 saturated carbocycles. The first-order chi connectivity index (χ1) is 3.72. The summed E-state index contributed by atoms with van der Waals surface area (Å²) >= 11 is 4.16. The summed E-state index contributed by atoms with van der Waals surface area (Å²) in [5.74, 6) is 0. The van der Waals surface area contributed by atoms with Crippen molar-refractivity contribution in [2.45, 2.75) is 5.01 Å². The van der Waals surface area contributed by atoms with Crippen LogP contribution in [0.5, 0.6) is 0 Å². The molecular weight excluding hydrogens is 192 g/mol. The molecule has 0 spiro atoms. The van der Waals surface area contributed by atoms with Crippen LogP contribution in [-0.2, 0) is 9.53 Å². The zero-order chi connectivity index (χ0) is 6.57. The van der Waals surface area contributed by atoms with Gasteiger partial charge >= 0.3 is 0 Å². The van der Waals surface area contributed by atoms with Gasteiger partial charge in [-0.25, -0.2) is 0 Å². The summed E-state index contributed by atoms with van der Waals surface area (Å²) in [7, 11) is 1.48. The lowest BCUT2D eigenvalue weighted by atomic mass is 10.8. The predicted octanol–water partition coefficient (Wildman–Crippen LogP) is 1.24. The number of carbonyl (C=O) groups is 1. The van der Waals surface area contributed by atoms with Gasteiger partial charge in [-0.15, -0.1) is 0 Å². The zero-order valence-corrected chi connectivity index (χ0v) is 7.08. The molecule has 0 aliphatic rings. The average molecular weight is 199 g/mol. The summed E-state index contributed by atoms with van der Waals surface area (Å²) in [6, 6.07) is 0. The van der Waals surface area contributed by atoms with Crippen molar-refractivity contribution in [2.75, 3.05) is 13.4 Å². The third kappa shape index (κ3) is 2.69. The lowest BCUT2D eigenvalue weighted by Gasteiger charge is -2.00. The molecule has 0 aromatic carbocycles. The van der Waals surface area contributed by atoms with Gasteiger partial charge in [-0.3, -0.25) is 4.79 Å². The molecule has 0 amide bonds. The fraction of sp³-hybridized carbons (Fsp3) is 0.750. The van der Waals surface area contributed by atoms with Crippen LogP contribution in [0.4, 0.5) is 0 Å². The van der Waals surface area contributed by atoms with Gasteiger partial charge < -0.3 is 4.74 Å². The van der Waals surface area contributed by atoms with Crippen molar-refractivity contribution in [2.24, 2.45) is 0 Å². The van der Waals surface area contributed by atoms with E-state index in [4.69, 9.17) is 0 Å². The summed E-state index contributed by atoms with van der Waals surface area (Å²) in [5, 5.41) is -0.454. The monoisotopic (exact) mass is 198 g/mol. The summed E-state index contributed by atoms with van der Waals surface area (Å²) in [6.07, 6.45) is 1.72. The fourth-order valence-electron chi connectivity index (χ4n) is 0.189.